The van der Waals surface area contributed by atoms with Crippen LogP contribution in [0.1, 0.15) is 6.42 Å². The molecule has 0 fully saturated rings. The average molecular weight is 158 g/mol. The third-order valence-electron chi connectivity index (χ3n) is 1.02. The van der Waals surface area contributed by atoms with Gasteiger partial charge < -0.3 is 4.79 Å². The number of halogens is 4. The average Bonchev–Trinajstić information content (AvgIpc) is 1.81. The first-order valence-corrected chi connectivity index (χ1v) is 2.59. The highest BCUT2D eigenvalue weighted by Gasteiger charge is 2.29. The SMILES string of the molecule is O=CCC(C(F)F)C(F)F. The Bertz CT molecular complexity index is 95.8. The zero-order valence-electron chi connectivity index (χ0n) is 4.94. The van der Waals surface area contributed by atoms with Crippen molar-refractivity contribution in [2.75, 3.05) is 0 Å². The molecule has 0 aliphatic carbocycles. The molecule has 0 saturated heterocycles. The van der Waals surface area contributed by atoms with Gasteiger partial charge in [0.15, 0.2) is 0 Å². The van der Waals surface area contributed by atoms with Crippen molar-refractivity contribution < 1.29 is 22.4 Å². The van der Waals surface area contributed by atoms with E-state index in [-0.39, 0.29) is 6.29 Å². The zero-order chi connectivity index (χ0) is 8.15. The summed E-state index contributed by atoms with van der Waals surface area (Å²) in [6, 6.07) is 0. The molecule has 0 amide bonds. The first-order valence-electron chi connectivity index (χ1n) is 2.59. The van der Waals surface area contributed by atoms with Crippen molar-refractivity contribution in [1.29, 1.82) is 0 Å². The van der Waals surface area contributed by atoms with Crippen molar-refractivity contribution in [3.8, 4) is 0 Å². The highest BCUT2D eigenvalue weighted by Crippen LogP contribution is 2.20. The molecule has 0 aromatic rings. The predicted octanol–water partition coefficient (Wildman–Crippen LogP) is 1.72. The Morgan fingerprint density at radius 1 is 1.10 bits per heavy atom. The summed E-state index contributed by atoms with van der Waals surface area (Å²) in [5, 5.41) is 0. The second kappa shape index (κ2) is 4.24. The van der Waals surface area contributed by atoms with Gasteiger partial charge in [-0.3, -0.25) is 0 Å². The van der Waals surface area contributed by atoms with Crippen LogP contribution >= 0.6 is 0 Å². The van der Waals surface area contributed by atoms with Gasteiger partial charge in [-0.05, 0) is 0 Å². The Hall–Kier alpha value is -0.610. The van der Waals surface area contributed by atoms with Crippen LogP contribution < -0.4 is 0 Å². The lowest BCUT2D eigenvalue weighted by molar-refractivity contribution is -0.113. The van der Waals surface area contributed by atoms with E-state index in [1.54, 1.807) is 0 Å². The maximum absolute atomic E-state index is 11.5. The van der Waals surface area contributed by atoms with E-state index in [1.807, 2.05) is 0 Å². The fourth-order valence-electron chi connectivity index (χ4n) is 0.427. The smallest absolute Gasteiger partial charge is 0.247 e. The fraction of sp³-hybridized carbons (Fsp3) is 0.800. The number of hydrogen-bond donors (Lipinski definition) is 0. The minimum atomic E-state index is -3.12. The molecule has 60 valence electrons. The molecule has 0 aromatic heterocycles. The lowest BCUT2D eigenvalue weighted by Gasteiger charge is -2.10. The molecule has 0 heterocycles. The van der Waals surface area contributed by atoms with E-state index in [0.29, 0.717) is 0 Å². The fourth-order valence-corrected chi connectivity index (χ4v) is 0.427. The maximum atomic E-state index is 11.5. The van der Waals surface area contributed by atoms with Gasteiger partial charge in [-0.2, -0.15) is 0 Å². The van der Waals surface area contributed by atoms with Crippen molar-refractivity contribution in [3.05, 3.63) is 0 Å². The normalized spacial score (nSPS) is 11.5. The van der Waals surface area contributed by atoms with Crippen molar-refractivity contribution >= 4 is 6.29 Å². The van der Waals surface area contributed by atoms with Crippen LogP contribution in [-0.2, 0) is 4.79 Å². The third-order valence-corrected chi connectivity index (χ3v) is 1.02. The van der Waals surface area contributed by atoms with Crippen LogP contribution in [0.5, 0.6) is 0 Å². The molecule has 0 spiro atoms. The summed E-state index contributed by atoms with van der Waals surface area (Å²) in [5.74, 6) is -2.10. The second-order valence-corrected chi connectivity index (χ2v) is 1.74. The Morgan fingerprint density at radius 3 is 1.60 bits per heavy atom. The van der Waals surface area contributed by atoms with Gasteiger partial charge >= 0.3 is 0 Å². The number of carbonyl (C=O) groups is 1. The molecule has 0 aliphatic heterocycles. The standard InChI is InChI=1S/C5H6F4O/c6-4(7)3(1-2-10)5(8)9/h2-5H,1H2. The lowest BCUT2D eigenvalue weighted by atomic mass is 10.1. The van der Waals surface area contributed by atoms with Crippen LogP contribution in [0.4, 0.5) is 17.6 Å². The summed E-state index contributed by atoms with van der Waals surface area (Å²) < 4.78 is 46.0. The van der Waals surface area contributed by atoms with Crippen LogP contribution in [0.2, 0.25) is 0 Å². The van der Waals surface area contributed by atoms with Crippen LogP contribution in [-0.4, -0.2) is 19.1 Å². The monoisotopic (exact) mass is 158 g/mol. The summed E-state index contributed by atoms with van der Waals surface area (Å²) in [5.41, 5.74) is 0. The van der Waals surface area contributed by atoms with Gasteiger partial charge in [0.1, 0.15) is 6.29 Å². The van der Waals surface area contributed by atoms with Crippen molar-refractivity contribution in [3.63, 3.8) is 0 Å². The first-order chi connectivity index (χ1) is 4.59. The van der Waals surface area contributed by atoms with E-state index in [2.05, 4.69) is 0 Å². The number of rotatable bonds is 4. The molecule has 0 aromatic carbocycles. The number of alkyl halides is 4. The number of carbonyl (C=O) groups excluding carboxylic acids is 1. The van der Waals surface area contributed by atoms with Crippen LogP contribution in [0, 0.1) is 5.92 Å². The Kier molecular flexibility index (Phi) is 3.99. The summed E-state index contributed by atoms with van der Waals surface area (Å²) >= 11 is 0. The lowest BCUT2D eigenvalue weighted by Crippen LogP contribution is -2.20. The maximum Gasteiger partial charge on any atom is 0.247 e. The summed E-state index contributed by atoms with van der Waals surface area (Å²) in [4.78, 5) is 9.56. The molecule has 0 rings (SSSR count). The predicted molar refractivity (Wildman–Crippen MR) is 26.2 cm³/mol. The van der Waals surface area contributed by atoms with Gasteiger partial charge in [0.25, 0.3) is 0 Å². The molecule has 0 bridgehead atoms. The molecule has 0 unspecified atom stereocenters. The highest BCUT2D eigenvalue weighted by atomic mass is 19.3. The highest BCUT2D eigenvalue weighted by molar-refractivity contribution is 5.49. The summed E-state index contributed by atoms with van der Waals surface area (Å²) in [6.45, 7) is 0. The van der Waals surface area contributed by atoms with E-state index in [4.69, 9.17) is 0 Å². The Labute approximate surface area is 55.0 Å². The molecular formula is C5H6F4O. The zero-order valence-corrected chi connectivity index (χ0v) is 4.94. The third kappa shape index (κ3) is 2.80. The minimum Gasteiger partial charge on any atom is -0.303 e. The minimum absolute atomic E-state index is 0.0724. The first kappa shape index (κ1) is 9.39. The molecule has 5 heteroatoms. The van der Waals surface area contributed by atoms with E-state index in [1.165, 1.54) is 0 Å². The molecule has 0 aliphatic rings. The van der Waals surface area contributed by atoms with Gasteiger partial charge in [-0.25, -0.2) is 17.6 Å². The molecular weight excluding hydrogens is 152 g/mol. The topological polar surface area (TPSA) is 17.1 Å². The number of aldehydes is 1. The van der Waals surface area contributed by atoms with Gasteiger partial charge in [-0.1, -0.05) is 0 Å². The largest absolute Gasteiger partial charge is 0.303 e. The molecule has 10 heavy (non-hydrogen) atoms. The quantitative estimate of drug-likeness (QED) is 0.449. The van der Waals surface area contributed by atoms with Gasteiger partial charge in [-0.15, -0.1) is 0 Å². The molecule has 0 saturated carbocycles. The van der Waals surface area contributed by atoms with Crippen LogP contribution in [0.25, 0.3) is 0 Å². The van der Waals surface area contributed by atoms with Crippen LogP contribution in [0.3, 0.4) is 0 Å². The van der Waals surface area contributed by atoms with Crippen molar-refractivity contribution in [2.24, 2.45) is 5.92 Å². The van der Waals surface area contributed by atoms with Gasteiger partial charge in [0.2, 0.25) is 12.9 Å². The van der Waals surface area contributed by atoms with Gasteiger partial charge in [0, 0.05) is 6.42 Å². The molecule has 0 N–H and O–H groups in total. The van der Waals surface area contributed by atoms with E-state index >= 15 is 0 Å². The molecule has 0 radical (unpaired) electrons. The number of hydrogen-bond acceptors (Lipinski definition) is 1. The Balaban J connectivity index is 3.84. The van der Waals surface area contributed by atoms with Crippen molar-refractivity contribution in [2.45, 2.75) is 19.3 Å². The second-order valence-electron chi connectivity index (χ2n) is 1.74. The molecule has 1 nitrogen and oxygen atoms in total. The van der Waals surface area contributed by atoms with Gasteiger partial charge in [0.05, 0.1) is 5.92 Å². The van der Waals surface area contributed by atoms with E-state index in [0.717, 1.165) is 0 Å². The summed E-state index contributed by atoms with van der Waals surface area (Å²) in [6.07, 6.45) is -6.95. The summed E-state index contributed by atoms with van der Waals surface area (Å²) in [7, 11) is 0. The molecule has 0 atom stereocenters. The van der Waals surface area contributed by atoms with Crippen molar-refractivity contribution in [1.82, 2.24) is 0 Å². The van der Waals surface area contributed by atoms with E-state index < -0.39 is 25.2 Å². The van der Waals surface area contributed by atoms with E-state index in [9.17, 15) is 22.4 Å². The van der Waals surface area contributed by atoms with Crippen LogP contribution in [0.15, 0.2) is 0 Å². The Morgan fingerprint density at radius 2 is 1.50 bits per heavy atom.